The maximum absolute atomic E-state index is 6.33. The number of fused-ring (bicyclic) bond motifs is 1. The average Bonchev–Trinajstić information content (AvgIpc) is 2.70. The number of hydrogen-bond donors (Lipinski definition) is 0. The number of pyridine rings is 1. The molecule has 2 aromatic heterocycles. The molecule has 2 aromatic rings. The molecular formula is C15H22ClN3. The van der Waals surface area contributed by atoms with Crippen molar-refractivity contribution in [2.24, 2.45) is 0 Å². The molecule has 3 nitrogen and oxygen atoms in total. The van der Waals surface area contributed by atoms with Gasteiger partial charge in [0, 0.05) is 11.7 Å². The lowest BCUT2D eigenvalue weighted by Crippen LogP contribution is -2.28. The molecule has 1 unspecified atom stereocenters. The van der Waals surface area contributed by atoms with Crippen LogP contribution in [0.2, 0.25) is 0 Å². The Hall–Kier alpha value is -1.09. The fourth-order valence-corrected chi connectivity index (χ4v) is 2.84. The summed E-state index contributed by atoms with van der Waals surface area (Å²) >= 11 is 6.33. The van der Waals surface area contributed by atoms with Crippen molar-refractivity contribution in [3.8, 4) is 0 Å². The van der Waals surface area contributed by atoms with E-state index in [2.05, 4.69) is 37.2 Å². The van der Waals surface area contributed by atoms with Crippen LogP contribution < -0.4 is 0 Å². The van der Waals surface area contributed by atoms with Crippen molar-refractivity contribution in [3.05, 3.63) is 23.7 Å². The molecule has 2 heterocycles. The van der Waals surface area contributed by atoms with Gasteiger partial charge >= 0.3 is 0 Å². The third-order valence-electron chi connectivity index (χ3n) is 3.60. The summed E-state index contributed by atoms with van der Waals surface area (Å²) in [6.07, 6.45) is 4.04. The van der Waals surface area contributed by atoms with Gasteiger partial charge in [-0.15, -0.1) is 11.6 Å². The molecule has 0 amide bonds. The van der Waals surface area contributed by atoms with E-state index in [0.29, 0.717) is 0 Å². The van der Waals surface area contributed by atoms with E-state index < -0.39 is 0 Å². The summed E-state index contributed by atoms with van der Waals surface area (Å²) < 4.78 is 2.22. The molecule has 1 atom stereocenters. The molecule has 0 aliphatic carbocycles. The Balaban J connectivity index is 2.76. The smallest absolute Gasteiger partial charge is 0.160 e. The maximum atomic E-state index is 6.33. The largest absolute Gasteiger partial charge is 0.306 e. The molecule has 2 rings (SSSR count). The first kappa shape index (κ1) is 14.3. The minimum atomic E-state index is -0.121. The van der Waals surface area contributed by atoms with E-state index in [1.54, 1.807) is 0 Å². The highest BCUT2D eigenvalue weighted by atomic mass is 35.5. The maximum Gasteiger partial charge on any atom is 0.160 e. The number of nitrogens with zero attached hydrogens (tertiary/aromatic N) is 3. The Bertz CT molecular complexity index is 584. The Morgan fingerprint density at radius 3 is 2.68 bits per heavy atom. The minimum absolute atomic E-state index is 0.0250. The zero-order chi connectivity index (χ0) is 14.2. The van der Waals surface area contributed by atoms with Crippen LogP contribution in [0.4, 0.5) is 0 Å². The lowest BCUT2D eigenvalue weighted by atomic mass is 9.98. The number of hydrogen-bond acceptors (Lipinski definition) is 2. The molecule has 0 aromatic carbocycles. The summed E-state index contributed by atoms with van der Waals surface area (Å²) in [5.41, 5.74) is 3.03. The van der Waals surface area contributed by atoms with Crippen LogP contribution in [0.5, 0.6) is 0 Å². The quantitative estimate of drug-likeness (QED) is 0.767. The number of halogens is 1. The molecule has 0 N–H and O–H groups in total. The highest BCUT2D eigenvalue weighted by Crippen LogP contribution is 2.33. The molecule has 0 radical (unpaired) electrons. The van der Waals surface area contributed by atoms with Gasteiger partial charge in [0.2, 0.25) is 0 Å². The van der Waals surface area contributed by atoms with Gasteiger partial charge in [0.15, 0.2) is 5.65 Å². The van der Waals surface area contributed by atoms with Crippen molar-refractivity contribution >= 4 is 22.8 Å². The van der Waals surface area contributed by atoms with E-state index in [1.807, 2.05) is 19.2 Å². The molecular weight excluding hydrogens is 258 g/mol. The second-order valence-corrected chi connectivity index (χ2v) is 6.44. The number of imidazole rings is 1. The third-order valence-corrected chi connectivity index (χ3v) is 3.79. The second kappa shape index (κ2) is 5.12. The van der Waals surface area contributed by atoms with Crippen LogP contribution in [0, 0.1) is 6.92 Å². The molecule has 104 valence electrons. The van der Waals surface area contributed by atoms with Crippen LogP contribution in [0.3, 0.4) is 0 Å². The molecule has 0 aliphatic heterocycles. The minimum Gasteiger partial charge on any atom is -0.306 e. The average molecular weight is 280 g/mol. The predicted octanol–water partition coefficient (Wildman–Crippen LogP) is 4.57. The molecule has 0 fully saturated rings. The van der Waals surface area contributed by atoms with E-state index in [-0.39, 0.29) is 10.9 Å². The standard InChI is InChI=1S/C15H22ClN3/c1-6-8-15(4,5)19-13(11(3)16)18-12-10(2)7-9-17-14(12)19/h7,9,11H,6,8H2,1-5H3. The lowest BCUT2D eigenvalue weighted by Gasteiger charge is -2.29. The van der Waals surface area contributed by atoms with Crippen LogP contribution in [0.15, 0.2) is 12.3 Å². The zero-order valence-electron chi connectivity index (χ0n) is 12.4. The molecule has 0 saturated carbocycles. The van der Waals surface area contributed by atoms with Crippen molar-refractivity contribution in [3.63, 3.8) is 0 Å². The van der Waals surface area contributed by atoms with Gasteiger partial charge in [-0.25, -0.2) is 9.97 Å². The first-order chi connectivity index (χ1) is 8.88. The first-order valence-electron chi connectivity index (χ1n) is 6.87. The number of alkyl halides is 1. The SMILES string of the molecule is CCCC(C)(C)n1c(C(C)Cl)nc2c(C)ccnc21. The third kappa shape index (κ3) is 2.48. The van der Waals surface area contributed by atoms with E-state index in [0.717, 1.165) is 35.4 Å². The van der Waals surface area contributed by atoms with Gasteiger partial charge in [0.05, 0.1) is 5.38 Å². The topological polar surface area (TPSA) is 30.7 Å². The van der Waals surface area contributed by atoms with E-state index in [1.165, 1.54) is 0 Å². The highest BCUT2D eigenvalue weighted by Gasteiger charge is 2.28. The molecule has 19 heavy (non-hydrogen) atoms. The summed E-state index contributed by atoms with van der Waals surface area (Å²) in [5, 5.41) is -0.121. The molecule has 0 aliphatic rings. The van der Waals surface area contributed by atoms with Crippen LogP contribution in [0.25, 0.3) is 11.2 Å². The van der Waals surface area contributed by atoms with E-state index in [4.69, 9.17) is 16.6 Å². The van der Waals surface area contributed by atoms with Gasteiger partial charge in [-0.1, -0.05) is 13.3 Å². The molecule has 0 saturated heterocycles. The molecule has 0 spiro atoms. The summed E-state index contributed by atoms with van der Waals surface area (Å²) in [6.45, 7) is 10.7. The van der Waals surface area contributed by atoms with Crippen LogP contribution in [0.1, 0.15) is 57.3 Å². The highest BCUT2D eigenvalue weighted by molar-refractivity contribution is 6.20. The van der Waals surface area contributed by atoms with Gasteiger partial charge in [0.25, 0.3) is 0 Å². The number of aromatic nitrogens is 3. The summed E-state index contributed by atoms with van der Waals surface area (Å²) in [6, 6.07) is 2.00. The van der Waals surface area contributed by atoms with Crippen LogP contribution in [-0.4, -0.2) is 14.5 Å². The van der Waals surface area contributed by atoms with Crippen LogP contribution >= 0.6 is 11.6 Å². The van der Waals surface area contributed by atoms with Gasteiger partial charge in [-0.05, 0) is 45.7 Å². The first-order valence-corrected chi connectivity index (χ1v) is 7.30. The zero-order valence-corrected chi connectivity index (χ0v) is 13.1. The Morgan fingerprint density at radius 1 is 1.42 bits per heavy atom. The fourth-order valence-electron chi connectivity index (χ4n) is 2.70. The van der Waals surface area contributed by atoms with Gasteiger partial charge < -0.3 is 4.57 Å². The number of aryl methyl sites for hydroxylation is 1. The lowest BCUT2D eigenvalue weighted by molar-refractivity contribution is 0.322. The van der Waals surface area contributed by atoms with Gasteiger partial charge in [-0.2, -0.15) is 0 Å². The van der Waals surface area contributed by atoms with Crippen LogP contribution in [-0.2, 0) is 5.54 Å². The van der Waals surface area contributed by atoms with Gasteiger partial charge in [-0.3, -0.25) is 0 Å². The van der Waals surface area contributed by atoms with E-state index >= 15 is 0 Å². The second-order valence-electron chi connectivity index (χ2n) is 5.78. The van der Waals surface area contributed by atoms with Gasteiger partial charge in [0.1, 0.15) is 11.3 Å². The molecule has 0 bridgehead atoms. The fraction of sp³-hybridized carbons (Fsp3) is 0.600. The summed E-state index contributed by atoms with van der Waals surface area (Å²) in [7, 11) is 0. The normalized spacial score (nSPS) is 14.0. The van der Waals surface area contributed by atoms with Crippen molar-refractivity contribution < 1.29 is 0 Å². The summed E-state index contributed by atoms with van der Waals surface area (Å²) in [4.78, 5) is 9.26. The van der Waals surface area contributed by atoms with Crippen molar-refractivity contribution in [2.45, 2.75) is 58.4 Å². The number of rotatable bonds is 4. The van der Waals surface area contributed by atoms with Crippen molar-refractivity contribution in [1.82, 2.24) is 14.5 Å². The predicted molar refractivity (Wildman–Crippen MR) is 80.8 cm³/mol. The van der Waals surface area contributed by atoms with E-state index in [9.17, 15) is 0 Å². The Labute approximate surface area is 120 Å². The molecule has 4 heteroatoms. The Morgan fingerprint density at radius 2 is 2.11 bits per heavy atom. The Kier molecular flexibility index (Phi) is 3.86. The van der Waals surface area contributed by atoms with Crippen molar-refractivity contribution in [2.75, 3.05) is 0 Å². The summed E-state index contributed by atoms with van der Waals surface area (Å²) in [5.74, 6) is 0.914. The monoisotopic (exact) mass is 279 g/mol. The van der Waals surface area contributed by atoms with Crippen molar-refractivity contribution in [1.29, 1.82) is 0 Å².